The summed E-state index contributed by atoms with van der Waals surface area (Å²) in [7, 11) is 1.33. The number of benzene rings is 1. The zero-order valence-corrected chi connectivity index (χ0v) is 13.6. The fraction of sp³-hybridized carbons (Fsp3) is 0.400. The van der Waals surface area contributed by atoms with E-state index in [9.17, 15) is 14.9 Å². The van der Waals surface area contributed by atoms with Crippen molar-refractivity contribution < 1.29 is 14.5 Å². The van der Waals surface area contributed by atoms with E-state index in [0.29, 0.717) is 18.5 Å². The van der Waals surface area contributed by atoms with Gasteiger partial charge in [-0.05, 0) is 31.9 Å². The minimum Gasteiger partial charge on any atom is -0.468 e. The first-order chi connectivity index (χ1) is 11.5. The fourth-order valence-corrected chi connectivity index (χ4v) is 2.20. The molecule has 0 aliphatic carbocycles. The van der Waals surface area contributed by atoms with Gasteiger partial charge in [0.2, 0.25) is 0 Å². The molecule has 1 N–H and O–H groups in total. The Balaban J connectivity index is 1.78. The van der Waals surface area contributed by atoms with E-state index in [0.717, 1.165) is 17.8 Å². The second kappa shape index (κ2) is 8.04. The van der Waals surface area contributed by atoms with Crippen LogP contribution in [0, 0.1) is 17.0 Å². The average molecular weight is 333 g/mol. The lowest BCUT2D eigenvalue weighted by molar-refractivity contribution is -0.385. The minimum absolute atomic E-state index is 0.0455. The number of ether oxygens (including phenoxy) is 1. The van der Waals surface area contributed by atoms with Crippen molar-refractivity contribution in [2.75, 3.05) is 19.0 Å². The van der Waals surface area contributed by atoms with Crippen LogP contribution in [0.3, 0.4) is 0 Å². The van der Waals surface area contributed by atoms with Gasteiger partial charge >= 0.3 is 5.97 Å². The molecular weight excluding hydrogens is 314 g/mol. The first-order valence-corrected chi connectivity index (χ1v) is 7.44. The molecular formula is C15H19N5O4. The zero-order valence-electron chi connectivity index (χ0n) is 13.6. The number of aromatic nitrogens is 3. The van der Waals surface area contributed by atoms with Crippen LogP contribution in [0.4, 0.5) is 11.4 Å². The van der Waals surface area contributed by atoms with E-state index in [4.69, 9.17) is 0 Å². The summed E-state index contributed by atoms with van der Waals surface area (Å²) in [6.45, 7) is 2.45. The smallest absolute Gasteiger partial charge is 0.327 e. The van der Waals surface area contributed by atoms with E-state index in [2.05, 4.69) is 20.4 Å². The van der Waals surface area contributed by atoms with Crippen LogP contribution in [0.5, 0.6) is 0 Å². The lowest BCUT2D eigenvalue weighted by Gasteiger charge is -2.06. The molecule has 1 aromatic heterocycles. The van der Waals surface area contributed by atoms with Gasteiger partial charge in [-0.15, -0.1) is 5.10 Å². The highest BCUT2D eigenvalue weighted by Gasteiger charge is 2.10. The Kier molecular flexibility index (Phi) is 5.83. The van der Waals surface area contributed by atoms with Crippen molar-refractivity contribution >= 4 is 17.3 Å². The number of esters is 1. The van der Waals surface area contributed by atoms with E-state index in [1.54, 1.807) is 25.3 Å². The minimum atomic E-state index is -0.392. The second-order valence-electron chi connectivity index (χ2n) is 5.27. The number of methoxy groups -OCH3 is 1. The van der Waals surface area contributed by atoms with Crippen molar-refractivity contribution in [3.05, 3.63) is 45.8 Å². The Bertz CT molecular complexity index is 728. The van der Waals surface area contributed by atoms with Crippen molar-refractivity contribution in [1.82, 2.24) is 15.0 Å². The highest BCUT2D eigenvalue weighted by Crippen LogP contribution is 2.21. The molecule has 0 fully saturated rings. The van der Waals surface area contributed by atoms with Crippen molar-refractivity contribution in [2.45, 2.75) is 26.3 Å². The van der Waals surface area contributed by atoms with Crippen LogP contribution in [0.2, 0.25) is 0 Å². The van der Waals surface area contributed by atoms with Gasteiger partial charge in [0.25, 0.3) is 5.69 Å². The molecule has 0 unspecified atom stereocenters. The molecule has 0 bridgehead atoms. The van der Waals surface area contributed by atoms with Gasteiger partial charge in [0.05, 0.1) is 17.7 Å². The second-order valence-corrected chi connectivity index (χ2v) is 5.27. The number of aryl methyl sites for hydroxylation is 2. The molecule has 24 heavy (non-hydrogen) atoms. The number of anilines is 1. The molecule has 0 radical (unpaired) electrons. The monoisotopic (exact) mass is 333 g/mol. The van der Waals surface area contributed by atoms with Gasteiger partial charge in [0.15, 0.2) is 0 Å². The molecule has 0 aliphatic rings. The maximum atomic E-state index is 11.1. The third-order valence-corrected chi connectivity index (χ3v) is 3.44. The van der Waals surface area contributed by atoms with E-state index < -0.39 is 4.92 Å². The number of carbonyl (C=O) groups is 1. The van der Waals surface area contributed by atoms with Crippen LogP contribution in [0.15, 0.2) is 24.4 Å². The highest BCUT2D eigenvalue weighted by molar-refractivity contribution is 5.68. The van der Waals surface area contributed by atoms with E-state index >= 15 is 0 Å². The Hall–Kier alpha value is -2.97. The number of carbonyl (C=O) groups excluding carboxylic acids is 1. The van der Waals surface area contributed by atoms with Gasteiger partial charge in [-0.3, -0.25) is 14.9 Å². The maximum Gasteiger partial charge on any atom is 0.327 e. The summed E-state index contributed by atoms with van der Waals surface area (Å²) < 4.78 is 6.00. The summed E-state index contributed by atoms with van der Waals surface area (Å²) in [5.41, 5.74) is 2.37. The van der Waals surface area contributed by atoms with Crippen LogP contribution < -0.4 is 5.32 Å². The quantitative estimate of drug-likeness (QED) is 0.339. The Labute approximate surface area is 138 Å². The summed E-state index contributed by atoms with van der Waals surface area (Å²) in [5, 5.41) is 21.9. The predicted octanol–water partition coefficient (Wildman–Crippen LogP) is 1.71. The van der Waals surface area contributed by atoms with Gasteiger partial charge in [-0.25, -0.2) is 4.68 Å². The average Bonchev–Trinajstić information content (AvgIpc) is 2.98. The van der Waals surface area contributed by atoms with Crippen LogP contribution in [0.25, 0.3) is 0 Å². The molecule has 0 saturated heterocycles. The number of nitrogens with zero attached hydrogens (tertiary/aromatic N) is 4. The molecule has 9 heteroatoms. The number of hydrogen-bond acceptors (Lipinski definition) is 7. The van der Waals surface area contributed by atoms with Crippen LogP contribution in [-0.2, 0) is 22.5 Å². The molecule has 0 aliphatic heterocycles. The van der Waals surface area contributed by atoms with Crippen LogP contribution in [-0.4, -0.2) is 39.5 Å². The first-order valence-electron chi connectivity index (χ1n) is 7.44. The number of nitro groups is 1. The van der Waals surface area contributed by atoms with Crippen LogP contribution in [0.1, 0.15) is 17.7 Å². The summed E-state index contributed by atoms with van der Waals surface area (Å²) in [6, 6.07) is 4.94. The van der Waals surface area contributed by atoms with Gasteiger partial charge in [0, 0.05) is 30.1 Å². The van der Waals surface area contributed by atoms with Crippen molar-refractivity contribution in [1.29, 1.82) is 0 Å². The van der Waals surface area contributed by atoms with Gasteiger partial charge in [0.1, 0.15) is 6.54 Å². The highest BCUT2D eigenvalue weighted by atomic mass is 16.6. The normalized spacial score (nSPS) is 10.4. The molecule has 1 aromatic carbocycles. The van der Waals surface area contributed by atoms with E-state index in [-0.39, 0.29) is 18.2 Å². The molecule has 0 saturated carbocycles. The van der Waals surface area contributed by atoms with E-state index in [1.165, 1.54) is 17.9 Å². The number of nitrogens with one attached hydrogen (secondary N) is 1. The van der Waals surface area contributed by atoms with Crippen molar-refractivity contribution in [2.24, 2.45) is 0 Å². The third kappa shape index (κ3) is 4.77. The Morgan fingerprint density at radius 1 is 1.46 bits per heavy atom. The fourth-order valence-electron chi connectivity index (χ4n) is 2.20. The maximum absolute atomic E-state index is 11.1. The molecule has 0 atom stereocenters. The van der Waals surface area contributed by atoms with Crippen molar-refractivity contribution in [3.63, 3.8) is 0 Å². The number of nitro benzene ring substituents is 1. The predicted molar refractivity (Wildman–Crippen MR) is 86.7 cm³/mol. The summed E-state index contributed by atoms with van der Waals surface area (Å²) in [6.07, 6.45) is 3.24. The topological polar surface area (TPSA) is 112 Å². The number of hydrogen-bond donors (Lipinski definition) is 1. The Morgan fingerprint density at radius 2 is 2.25 bits per heavy atom. The molecule has 128 valence electrons. The van der Waals surface area contributed by atoms with Crippen molar-refractivity contribution in [3.8, 4) is 0 Å². The SMILES string of the molecule is COC(=O)Cn1cc(CCCNc2ccc([N+](=O)[O-])c(C)c2)nn1. The Morgan fingerprint density at radius 3 is 2.92 bits per heavy atom. The standard InChI is InChI=1S/C15H19N5O4/c1-11-8-12(5-6-14(11)20(22)23)16-7-3-4-13-9-19(18-17-13)10-15(21)24-2/h5-6,8-9,16H,3-4,7,10H2,1-2H3. The summed E-state index contributed by atoms with van der Waals surface area (Å²) in [4.78, 5) is 21.5. The van der Waals surface area contributed by atoms with Crippen LogP contribution >= 0.6 is 0 Å². The lowest BCUT2D eigenvalue weighted by atomic mass is 10.1. The van der Waals surface area contributed by atoms with Gasteiger partial charge in [-0.1, -0.05) is 5.21 Å². The van der Waals surface area contributed by atoms with Gasteiger partial charge in [-0.2, -0.15) is 0 Å². The lowest BCUT2D eigenvalue weighted by Crippen LogP contribution is -2.11. The molecule has 9 nitrogen and oxygen atoms in total. The summed E-state index contributed by atoms with van der Waals surface area (Å²) >= 11 is 0. The largest absolute Gasteiger partial charge is 0.468 e. The molecule has 2 aromatic rings. The molecule has 0 spiro atoms. The zero-order chi connectivity index (χ0) is 17.5. The van der Waals surface area contributed by atoms with Gasteiger partial charge < -0.3 is 10.1 Å². The number of rotatable bonds is 8. The molecule has 1 heterocycles. The first kappa shape index (κ1) is 17.4. The molecule has 0 amide bonds. The summed E-state index contributed by atoms with van der Waals surface area (Å²) in [5.74, 6) is -0.373. The molecule has 2 rings (SSSR count). The third-order valence-electron chi connectivity index (χ3n) is 3.44. The van der Waals surface area contributed by atoms with E-state index in [1.807, 2.05) is 0 Å².